The van der Waals surface area contributed by atoms with Gasteiger partial charge in [-0.2, -0.15) is 0 Å². The lowest BCUT2D eigenvalue weighted by Gasteiger charge is -2.37. The molecule has 2 aromatic rings. The minimum atomic E-state index is -0.689. The maximum Gasteiger partial charge on any atom is 0.325 e. The summed E-state index contributed by atoms with van der Waals surface area (Å²) in [6.07, 6.45) is -0.365. The van der Waals surface area contributed by atoms with Crippen molar-refractivity contribution >= 4 is 29.2 Å². The van der Waals surface area contributed by atoms with E-state index in [0.29, 0.717) is 23.0 Å². The number of nitrogens with zero attached hydrogens (tertiary/aromatic N) is 2. The molecule has 7 heteroatoms. The third-order valence-electron chi connectivity index (χ3n) is 4.97. The Labute approximate surface area is 156 Å². The van der Waals surface area contributed by atoms with Crippen LogP contribution in [0.25, 0.3) is 0 Å². The Bertz CT molecular complexity index is 871. The number of primary amides is 1. The van der Waals surface area contributed by atoms with E-state index in [-0.39, 0.29) is 18.2 Å². The molecular weight excluding hydrogens is 354 g/mol. The number of amides is 3. The largest absolute Gasteiger partial charge is 0.481 e. The molecule has 0 aliphatic carbocycles. The normalized spacial score (nSPS) is 22.5. The van der Waals surface area contributed by atoms with Crippen molar-refractivity contribution in [2.24, 2.45) is 5.73 Å². The van der Waals surface area contributed by atoms with Gasteiger partial charge in [-0.15, -0.1) is 0 Å². The van der Waals surface area contributed by atoms with Crippen LogP contribution in [0.5, 0.6) is 5.75 Å². The van der Waals surface area contributed by atoms with Crippen LogP contribution in [0.2, 0.25) is 5.02 Å². The van der Waals surface area contributed by atoms with Crippen LogP contribution >= 0.6 is 11.6 Å². The number of urea groups is 1. The summed E-state index contributed by atoms with van der Waals surface area (Å²) in [7, 11) is 0. The van der Waals surface area contributed by atoms with E-state index in [9.17, 15) is 9.59 Å². The average molecular weight is 372 g/mol. The van der Waals surface area contributed by atoms with Crippen LogP contribution in [0.15, 0.2) is 48.5 Å². The van der Waals surface area contributed by atoms with Gasteiger partial charge in [-0.05, 0) is 36.8 Å². The molecule has 2 heterocycles. The Morgan fingerprint density at radius 1 is 1.23 bits per heavy atom. The number of hydrogen-bond donors (Lipinski definition) is 1. The fraction of sp³-hybridized carbons (Fsp3) is 0.263. The van der Waals surface area contributed by atoms with Crippen LogP contribution in [0.4, 0.5) is 10.5 Å². The number of ether oxygens (including phenoxy) is 1. The minimum Gasteiger partial charge on any atom is -0.481 e. The van der Waals surface area contributed by atoms with Gasteiger partial charge in [0.15, 0.2) is 0 Å². The Kier molecular flexibility index (Phi) is 4.00. The molecule has 2 aromatic carbocycles. The van der Waals surface area contributed by atoms with E-state index in [1.807, 2.05) is 36.4 Å². The third-order valence-corrected chi connectivity index (χ3v) is 5.23. The molecule has 2 aliphatic heterocycles. The molecule has 0 saturated carbocycles. The molecule has 3 unspecified atom stereocenters. The zero-order valence-corrected chi connectivity index (χ0v) is 14.9. The molecule has 0 bridgehead atoms. The molecule has 2 N–H and O–H groups in total. The lowest BCUT2D eigenvalue weighted by Crippen LogP contribution is -2.45. The first-order valence-corrected chi connectivity index (χ1v) is 8.75. The predicted molar refractivity (Wildman–Crippen MR) is 98.3 cm³/mol. The average Bonchev–Trinajstić information content (AvgIpc) is 2.99. The number of benzene rings is 2. The van der Waals surface area contributed by atoms with Crippen LogP contribution in [0, 0.1) is 0 Å². The second-order valence-electron chi connectivity index (χ2n) is 6.51. The van der Waals surface area contributed by atoms with E-state index < -0.39 is 11.9 Å². The third kappa shape index (κ3) is 2.57. The highest BCUT2D eigenvalue weighted by atomic mass is 35.5. The molecule has 3 atom stereocenters. The number of rotatable bonds is 3. The predicted octanol–water partition coefficient (Wildman–Crippen LogP) is 2.96. The summed E-state index contributed by atoms with van der Waals surface area (Å²) >= 11 is 6.00. The van der Waals surface area contributed by atoms with E-state index in [0.717, 1.165) is 5.56 Å². The van der Waals surface area contributed by atoms with E-state index in [1.165, 1.54) is 4.90 Å². The highest BCUT2D eigenvalue weighted by Crippen LogP contribution is 2.45. The first-order chi connectivity index (χ1) is 12.5. The Morgan fingerprint density at radius 2 is 1.92 bits per heavy atom. The molecule has 134 valence electrons. The number of carbonyl (C=O) groups excluding carboxylic acids is 2. The molecule has 6 nitrogen and oxygen atoms in total. The number of carbonyl (C=O) groups is 2. The standard InChI is InChI=1S/C19H18ClN3O3/c1-11(18(21)24)22-10-15-17(12-6-8-13(20)9-7-12)26-16-5-3-2-4-14(16)23(15)19(22)25/h2-9,11,15,17H,10H2,1H3,(H2,21,24). The van der Waals surface area contributed by atoms with Crippen LogP contribution in [-0.2, 0) is 4.79 Å². The number of fused-ring (bicyclic) bond motifs is 3. The van der Waals surface area contributed by atoms with Gasteiger partial charge in [-0.25, -0.2) is 4.79 Å². The number of anilines is 1. The lowest BCUT2D eigenvalue weighted by molar-refractivity contribution is -0.121. The summed E-state index contributed by atoms with van der Waals surface area (Å²) in [5, 5.41) is 0.633. The van der Waals surface area contributed by atoms with Gasteiger partial charge in [0.05, 0.1) is 11.7 Å². The van der Waals surface area contributed by atoms with E-state index in [4.69, 9.17) is 22.1 Å². The van der Waals surface area contributed by atoms with Gasteiger partial charge in [0, 0.05) is 11.6 Å². The Balaban J connectivity index is 1.78. The molecule has 26 heavy (non-hydrogen) atoms. The highest BCUT2D eigenvalue weighted by molar-refractivity contribution is 6.30. The van der Waals surface area contributed by atoms with Gasteiger partial charge < -0.3 is 15.4 Å². The van der Waals surface area contributed by atoms with Gasteiger partial charge in [0.2, 0.25) is 5.91 Å². The molecule has 1 fully saturated rings. The quantitative estimate of drug-likeness (QED) is 0.901. The number of halogens is 1. The first-order valence-electron chi connectivity index (χ1n) is 8.37. The maximum absolute atomic E-state index is 13.0. The topological polar surface area (TPSA) is 75.9 Å². The van der Waals surface area contributed by atoms with Crippen LogP contribution in [-0.4, -0.2) is 35.5 Å². The molecule has 0 spiro atoms. The van der Waals surface area contributed by atoms with Crippen LogP contribution < -0.4 is 15.4 Å². The fourth-order valence-electron chi connectivity index (χ4n) is 3.55. The van der Waals surface area contributed by atoms with E-state index >= 15 is 0 Å². The summed E-state index contributed by atoms with van der Waals surface area (Å²) in [5.41, 5.74) is 7.04. The van der Waals surface area contributed by atoms with Gasteiger partial charge >= 0.3 is 6.03 Å². The summed E-state index contributed by atoms with van der Waals surface area (Å²) in [5.74, 6) is 0.0982. The SMILES string of the molecule is CC(C(N)=O)N1CC2C(c3ccc(Cl)cc3)Oc3ccccc3N2C1=O. The van der Waals surface area contributed by atoms with Gasteiger partial charge in [0.25, 0.3) is 0 Å². The van der Waals surface area contributed by atoms with Crippen molar-refractivity contribution in [1.29, 1.82) is 0 Å². The zero-order valence-electron chi connectivity index (χ0n) is 14.1. The van der Waals surface area contributed by atoms with Crippen molar-refractivity contribution in [2.45, 2.75) is 25.1 Å². The van der Waals surface area contributed by atoms with Crippen LogP contribution in [0.3, 0.4) is 0 Å². The van der Waals surface area contributed by atoms with Gasteiger partial charge in [0.1, 0.15) is 17.9 Å². The van der Waals surface area contributed by atoms with E-state index in [1.54, 1.807) is 24.0 Å². The van der Waals surface area contributed by atoms with Gasteiger partial charge in [-0.3, -0.25) is 9.69 Å². The van der Waals surface area contributed by atoms with Gasteiger partial charge in [-0.1, -0.05) is 35.9 Å². The second-order valence-corrected chi connectivity index (χ2v) is 6.94. The van der Waals surface area contributed by atoms with Crippen molar-refractivity contribution in [3.63, 3.8) is 0 Å². The Hall–Kier alpha value is -2.73. The zero-order chi connectivity index (χ0) is 18.4. The fourth-order valence-corrected chi connectivity index (χ4v) is 3.67. The monoisotopic (exact) mass is 371 g/mol. The molecule has 1 saturated heterocycles. The van der Waals surface area contributed by atoms with E-state index in [2.05, 4.69) is 0 Å². The number of nitrogens with two attached hydrogens (primary N) is 1. The first kappa shape index (κ1) is 16.7. The molecule has 4 rings (SSSR count). The van der Waals surface area contributed by atoms with Crippen molar-refractivity contribution in [3.05, 3.63) is 59.1 Å². The van der Waals surface area contributed by atoms with Crippen molar-refractivity contribution in [2.75, 3.05) is 11.4 Å². The molecule has 2 aliphatic rings. The minimum absolute atomic E-state index is 0.240. The maximum atomic E-state index is 13.0. The lowest BCUT2D eigenvalue weighted by atomic mass is 9.99. The number of para-hydroxylation sites is 2. The summed E-state index contributed by atoms with van der Waals surface area (Å²) in [6, 6.07) is 13.6. The van der Waals surface area contributed by atoms with Crippen molar-refractivity contribution in [1.82, 2.24) is 4.90 Å². The molecular formula is C19H18ClN3O3. The molecule has 3 amide bonds. The highest BCUT2D eigenvalue weighted by Gasteiger charge is 2.49. The summed E-state index contributed by atoms with van der Waals surface area (Å²) in [6.45, 7) is 1.99. The van der Waals surface area contributed by atoms with Crippen LogP contribution in [0.1, 0.15) is 18.6 Å². The van der Waals surface area contributed by atoms with Crippen molar-refractivity contribution < 1.29 is 14.3 Å². The van der Waals surface area contributed by atoms with Crippen molar-refractivity contribution in [3.8, 4) is 5.75 Å². The Morgan fingerprint density at radius 3 is 2.62 bits per heavy atom. The molecule has 0 radical (unpaired) electrons. The summed E-state index contributed by atoms with van der Waals surface area (Å²) in [4.78, 5) is 27.9. The second kappa shape index (κ2) is 6.21. The summed E-state index contributed by atoms with van der Waals surface area (Å²) < 4.78 is 6.23. The molecule has 0 aromatic heterocycles. The smallest absolute Gasteiger partial charge is 0.325 e. The number of hydrogen-bond acceptors (Lipinski definition) is 3.